The SMILES string of the molecule is CCNC(=NCC(C)(O)c1ccco1)NCC(c1ccccc1)N(C)C. The highest BCUT2D eigenvalue weighted by Gasteiger charge is 2.26. The first-order valence-corrected chi connectivity index (χ1v) is 8.94. The van der Waals surface area contributed by atoms with Crippen molar-refractivity contribution in [3.8, 4) is 0 Å². The van der Waals surface area contributed by atoms with Crippen molar-refractivity contribution < 1.29 is 9.52 Å². The second-order valence-corrected chi connectivity index (χ2v) is 6.72. The fraction of sp³-hybridized carbons (Fsp3) is 0.450. The molecule has 1 aromatic heterocycles. The summed E-state index contributed by atoms with van der Waals surface area (Å²) in [6.45, 7) is 5.36. The molecule has 0 fully saturated rings. The molecule has 0 amide bonds. The van der Waals surface area contributed by atoms with Crippen LogP contribution in [-0.4, -0.2) is 49.7 Å². The first-order valence-electron chi connectivity index (χ1n) is 8.94. The molecule has 0 bridgehead atoms. The molecule has 0 aliphatic rings. The van der Waals surface area contributed by atoms with Gasteiger partial charge in [0.1, 0.15) is 11.4 Å². The number of likely N-dealkylation sites (N-methyl/N-ethyl adjacent to an activating group) is 1. The van der Waals surface area contributed by atoms with E-state index in [-0.39, 0.29) is 12.6 Å². The summed E-state index contributed by atoms with van der Waals surface area (Å²) >= 11 is 0. The Balaban J connectivity index is 2.04. The van der Waals surface area contributed by atoms with E-state index in [0.29, 0.717) is 18.3 Å². The van der Waals surface area contributed by atoms with Gasteiger partial charge in [-0.25, -0.2) is 4.99 Å². The van der Waals surface area contributed by atoms with Gasteiger partial charge in [-0.1, -0.05) is 30.3 Å². The van der Waals surface area contributed by atoms with Gasteiger partial charge in [0.05, 0.1) is 18.8 Å². The van der Waals surface area contributed by atoms with Gasteiger partial charge < -0.3 is 25.1 Å². The van der Waals surface area contributed by atoms with E-state index in [1.165, 1.54) is 5.56 Å². The largest absolute Gasteiger partial charge is 0.466 e. The van der Waals surface area contributed by atoms with Crippen LogP contribution in [0.3, 0.4) is 0 Å². The zero-order valence-electron chi connectivity index (χ0n) is 16.1. The zero-order valence-corrected chi connectivity index (χ0v) is 16.1. The van der Waals surface area contributed by atoms with E-state index in [0.717, 1.165) is 6.54 Å². The molecule has 0 aliphatic heterocycles. The van der Waals surface area contributed by atoms with Gasteiger partial charge in [0.2, 0.25) is 0 Å². The molecule has 26 heavy (non-hydrogen) atoms. The van der Waals surface area contributed by atoms with E-state index in [9.17, 15) is 5.11 Å². The topological polar surface area (TPSA) is 73.0 Å². The monoisotopic (exact) mass is 358 g/mol. The predicted octanol–water partition coefficient (Wildman–Crippen LogP) is 2.35. The lowest BCUT2D eigenvalue weighted by molar-refractivity contribution is 0.0437. The fourth-order valence-electron chi connectivity index (χ4n) is 2.70. The number of hydrogen-bond donors (Lipinski definition) is 3. The smallest absolute Gasteiger partial charge is 0.191 e. The summed E-state index contributed by atoms with van der Waals surface area (Å²) in [5.74, 6) is 1.18. The van der Waals surface area contributed by atoms with Crippen LogP contribution in [-0.2, 0) is 5.60 Å². The van der Waals surface area contributed by atoms with Crippen molar-refractivity contribution in [3.63, 3.8) is 0 Å². The summed E-state index contributed by atoms with van der Waals surface area (Å²) in [5, 5.41) is 17.2. The van der Waals surface area contributed by atoms with Crippen LogP contribution in [0.2, 0.25) is 0 Å². The van der Waals surface area contributed by atoms with E-state index in [1.54, 1.807) is 25.3 Å². The minimum absolute atomic E-state index is 0.202. The average molecular weight is 358 g/mol. The highest BCUT2D eigenvalue weighted by atomic mass is 16.4. The maximum absolute atomic E-state index is 10.6. The summed E-state index contributed by atoms with van der Waals surface area (Å²) in [6.07, 6.45) is 1.55. The maximum atomic E-state index is 10.6. The molecule has 2 unspecified atom stereocenters. The van der Waals surface area contributed by atoms with Crippen LogP contribution in [0, 0.1) is 0 Å². The number of benzene rings is 1. The third-order valence-corrected chi connectivity index (χ3v) is 4.21. The quantitative estimate of drug-likeness (QED) is 0.499. The molecule has 2 aromatic rings. The van der Waals surface area contributed by atoms with Gasteiger partial charge in [0.15, 0.2) is 5.96 Å². The third kappa shape index (κ3) is 5.61. The van der Waals surface area contributed by atoms with E-state index in [2.05, 4.69) is 46.8 Å². The molecule has 6 heteroatoms. The molecule has 0 spiro atoms. The number of rotatable bonds is 8. The summed E-state index contributed by atoms with van der Waals surface area (Å²) < 4.78 is 5.31. The lowest BCUT2D eigenvalue weighted by atomic mass is 10.0. The third-order valence-electron chi connectivity index (χ3n) is 4.21. The summed E-state index contributed by atoms with van der Waals surface area (Å²) in [6, 6.07) is 14.1. The molecule has 6 nitrogen and oxygen atoms in total. The number of nitrogens with one attached hydrogen (secondary N) is 2. The van der Waals surface area contributed by atoms with Crippen LogP contribution >= 0.6 is 0 Å². The predicted molar refractivity (Wildman–Crippen MR) is 105 cm³/mol. The first-order chi connectivity index (χ1) is 12.4. The Bertz CT molecular complexity index is 666. The number of hydrogen-bond acceptors (Lipinski definition) is 4. The first kappa shape index (κ1) is 20.0. The Kier molecular flexibility index (Phi) is 7.24. The van der Waals surface area contributed by atoms with Gasteiger partial charge in [0, 0.05) is 13.1 Å². The number of guanidine groups is 1. The number of furan rings is 1. The molecule has 0 radical (unpaired) electrons. The van der Waals surface area contributed by atoms with E-state index < -0.39 is 5.60 Å². The molecule has 0 aliphatic carbocycles. The lowest BCUT2D eigenvalue weighted by Crippen LogP contribution is -2.42. The van der Waals surface area contributed by atoms with Crippen molar-refractivity contribution in [1.29, 1.82) is 0 Å². The van der Waals surface area contributed by atoms with Crippen LogP contribution in [0.4, 0.5) is 0 Å². The Morgan fingerprint density at radius 1 is 1.19 bits per heavy atom. The molecule has 3 N–H and O–H groups in total. The van der Waals surface area contributed by atoms with Gasteiger partial charge >= 0.3 is 0 Å². The van der Waals surface area contributed by atoms with Crippen molar-refractivity contribution in [2.24, 2.45) is 4.99 Å². The highest BCUT2D eigenvalue weighted by molar-refractivity contribution is 5.79. The number of aliphatic imine (C=N–C) groups is 1. The fourth-order valence-corrected chi connectivity index (χ4v) is 2.70. The van der Waals surface area contributed by atoms with Crippen LogP contribution in [0.5, 0.6) is 0 Å². The van der Waals surface area contributed by atoms with Crippen LogP contribution < -0.4 is 10.6 Å². The Hall–Kier alpha value is -2.31. The molecule has 2 rings (SSSR count). The Morgan fingerprint density at radius 2 is 1.92 bits per heavy atom. The normalized spacial score (nSPS) is 15.5. The van der Waals surface area contributed by atoms with Crippen molar-refractivity contribution in [2.45, 2.75) is 25.5 Å². The summed E-state index contributed by atoms with van der Waals surface area (Å²) in [7, 11) is 4.12. The minimum atomic E-state index is -1.15. The average Bonchev–Trinajstić information content (AvgIpc) is 3.16. The molecule has 1 heterocycles. The van der Waals surface area contributed by atoms with Crippen molar-refractivity contribution in [1.82, 2.24) is 15.5 Å². The highest BCUT2D eigenvalue weighted by Crippen LogP contribution is 2.21. The standard InChI is InChI=1S/C20H30N4O2/c1-5-21-19(23-15-20(2,25)18-12-9-13-26-18)22-14-17(24(3)4)16-10-7-6-8-11-16/h6-13,17,25H,5,14-15H2,1-4H3,(H2,21,22,23). The zero-order chi connectivity index (χ0) is 19.0. The van der Waals surface area contributed by atoms with E-state index in [1.807, 2.05) is 25.1 Å². The summed E-state index contributed by atoms with van der Waals surface area (Å²) in [4.78, 5) is 6.70. The van der Waals surface area contributed by atoms with Crippen LogP contribution in [0.25, 0.3) is 0 Å². The van der Waals surface area contributed by atoms with Crippen molar-refractivity contribution >= 4 is 5.96 Å². The molecule has 2 atom stereocenters. The van der Waals surface area contributed by atoms with Crippen LogP contribution in [0.15, 0.2) is 58.1 Å². The lowest BCUT2D eigenvalue weighted by Gasteiger charge is -2.26. The van der Waals surface area contributed by atoms with Gasteiger partial charge in [-0.2, -0.15) is 0 Å². The Labute approximate surface area is 155 Å². The van der Waals surface area contributed by atoms with Gasteiger partial charge in [-0.3, -0.25) is 0 Å². The molecular formula is C20H30N4O2. The minimum Gasteiger partial charge on any atom is -0.466 e. The molecule has 1 aromatic carbocycles. The van der Waals surface area contributed by atoms with Gasteiger partial charge in [-0.15, -0.1) is 0 Å². The van der Waals surface area contributed by atoms with Crippen molar-refractivity contribution in [2.75, 3.05) is 33.7 Å². The van der Waals surface area contributed by atoms with Crippen LogP contribution in [0.1, 0.15) is 31.2 Å². The molecule has 0 saturated carbocycles. The molecular weight excluding hydrogens is 328 g/mol. The second kappa shape index (κ2) is 9.40. The van der Waals surface area contributed by atoms with Gasteiger partial charge in [-0.05, 0) is 45.6 Å². The maximum Gasteiger partial charge on any atom is 0.191 e. The van der Waals surface area contributed by atoms with Crippen molar-refractivity contribution in [3.05, 3.63) is 60.1 Å². The molecule has 0 saturated heterocycles. The Morgan fingerprint density at radius 3 is 2.50 bits per heavy atom. The number of nitrogens with zero attached hydrogens (tertiary/aromatic N) is 2. The summed E-state index contributed by atoms with van der Waals surface area (Å²) in [5.41, 5.74) is 0.0927. The van der Waals surface area contributed by atoms with Gasteiger partial charge in [0.25, 0.3) is 0 Å². The number of aliphatic hydroxyl groups is 1. The molecule has 142 valence electrons. The van der Waals surface area contributed by atoms with E-state index >= 15 is 0 Å². The van der Waals surface area contributed by atoms with E-state index in [4.69, 9.17) is 4.42 Å². The second-order valence-electron chi connectivity index (χ2n) is 6.72.